The number of anilines is 3. The van der Waals surface area contributed by atoms with E-state index in [2.05, 4.69) is 10.6 Å². The topological polar surface area (TPSA) is 50.4 Å². The van der Waals surface area contributed by atoms with Crippen LogP contribution < -0.4 is 10.6 Å². The van der Waals surface area contributed by atoms with E-state index in [0.717, 1.165) is 29.9 Å². The summed E-state index contributed by atoms with van der Waals surface area (Å²) >= 11 is 5.87. The predicted molar refractivity (Wildman–Crippen MR) is 93.3 cm³/mol. The Morgan fingerprint density at radius 1 is 0.913 bits per heavy atom. The van der Waals surface area contributed by atoms with Gasteiger partial charge in [-0.25, -0.2) is 0 Å². The summed E-state index contributed by atoms with van der Waals surface area (Å²) < 4.78 is 5.28. The van der Waals surface area contributed by atoms with Crippen LogP contribution in [-0.2, 0) is 9.53 Å². The van der Waals surface area contributed by atoms with Crippen molar-refractivity contribution in [1.82, 2.24) is 0 Å². The van der Waals surface area contributed by atoms with Gasteiger partial charge in [0.25, 0.3) is 0 Å². The molecule has 2 N–H and O–H groups in total. The number of halogens is 1. The molecule has 0 radical (unpaired) electrons. The molecule has 1 aliphatic heterocycles. The molecule has 4 nitrogen and oxygen atoms in total. The SMILES string of the molecule is O=C(Nc1ccc(Nc2ccc(Cl)cc2)cc1)C1CCOCC1. The molecule has 0 unspecified atom stereocenters. The van der Waals surface area contributed by atoms with E-state index < -0.39 is 0 Å². The molecule has 1 heterocycles. The number of rotatable bonds is 4. The van der Waals surface area contributed by atoms with Crippen LogP contribution in [0.4, 0.5) is 17.1 Å². The fourth-order valence-corrected chi connectivity index (χ4v) is 2.67. The molecule has 2 aromatic rings. The third-order valence-corrected chi connectivity index (χ3v) is 4.13. The van der Waals surface area contributed by atoms with Crippen molar-refractivity contribution in [3.8, 4) is 0 Å². The summed E-state index contributed by atoms with van der Waals surface area (Å²) in [6, 6.07) is 15.2. The fourth-order valence-electron chi connectivity index (χ4n) is 2.54. The highest BCUT2D eigenvalue weighted by atomic mass is 35.5. The van der Waals surface area contributed by atoms with Gasteiger partial charge in [0.05, 0.1) is 0 Å². The van der Waals surface area contributed by atoms with Crippen molar-refractivity contribution in [2.75, 3.05) is 23.8 Å². The van der Waals surface area contributed by atoms with E-state index in [1.165, 1.54) is 0 Å². The molecule has 5 heteroatoms. The van der Waals surface area contributed by atoms with Crippen LogP contribution in [-0.4, -0.2) is 19.1 Å². The predicted octanol–water partition coefficient (Wildman–Crippen LogP) is 4.45. The third kappa shape index (κ3) is 4.47. The van der Waals surface area contributed by atoms with Crippen LogP contribution in [0.1, 0.15) is 12.8 Å². The Balaban J connectivity index is 1.58. The van der Waals surface area contributed by atoms with Crippen LogP contribution in [0.5, 0.6) is 0 Å². The molecule has 2 aromatic carbocycles. The number of benzene rings is 2. The highest BCUT2D eigenvalue weighted by Gasteiger charge is 2.21. The maximum Gasteiger partial charge on any atom is 0.227 e. The largest absolute Gasteiger partial charge is 0.381 e. The maximum atomic E-state index is 12.2. The van der Waals surface area contributed by atoms with Crippen LogP contribution in [0.25, 0.3) is 0 Å². The van der Waals surface area contributed by atoms with Gasteiger partial charge in [-0.05, 0) is 61.4 Å². The molecule has 0 aromatic heterocycles. The van der Waals surface area contributed by atoms with E-state index in [1.807, 2.05) is 48.5 Å². The number of carbonyl (C=O) groups excluding carboxylic acids is 1. The quantitative estimate of drug-likeness (QED) is 0.870. The van der Waals surface area contributed by atoms with E-state index in [1.54, 1.807) is 0 Å². The average Bonchev–Trinajstić information content (AvgIpc) is 2.59. The molecule has 23 heavy (non-hydrogen) atoms. The maximum absolute atomic E-state index is 12.2. The summed E-state index contributed by atoms with van der Waals surface area (Å²) in [5.41, 5.74) is 2.73. The summed E-state index contributed by atoms with van der Waals surface area (Å²) in [4.78, 5) is 12.2. The Labute approximate surface area is 140 Å². The van der Waals surface area contributed by atoms with Gasteiger partial charge in [-0.2, -0.15) is 0 Å². The summed E-state index contributed by atoms with van der Waals surface area (Å²) in [7, 11) is 0. The van der Waals surface area contributed by atoms with Gasteiger partial charge in [0.2, 0.25) is 5.91 Å². The first-order valence-corrected chi connectivity index (χ1v) is 8.10. The van der Waals surface area contributed by atoms with Gasteiger partial charge >= 0.3 is 0 Å². The molecule has 1 fully saturated rings. The van der Waals surface area contributed by atoms with Gasteiger partial charge < -0.3 is 15.4 Å². The first-order chi connectivity index (χ1) is 11.2. The van der Waals surface area contributed by atoms with E-state index in [-0.39, 0.29) is 11.8 Å². The second-order valence-electron chi connectivity index (χ2n) is 5.59. The van der Waals surface area contributed by atoms with Gasteiger partial charge in [-0.1, -0.05) is 11.6 Å². The zero-order valence-corrected chi connectivity index (χ0v) is 13.5. The van der Waals surface area contributed by atoms with Crippen molar-refractivity contribution in [2.24, 2.45) is 5.92 Å². The molecule has 0 atom stereocenters. The molecule has 1 saturated heterocycles. The number of amides is 1. The minimum absolute atomic E-state index is 0.0515. The van der Waals surface area contributed by atoms with Crippen LogP contribution in [0.15, 0.2) is 48.5 Å². The second-order valence-corrected chi connectivity index (χ2v) is 6.02. The minimum Gasteiger partial charge on any atom is -0.381 e. The zero-order valence-electron chi connectivity index (χ0n) is 12.7. The first-order valence-electron chi connectivity index (χ1n) is 7.72. The molecule has 1 aliphatic rings. The average molecular weight is 331 g/mol. The van der Waals surface area contributed by atoms with Crippen molar-refractivity contribution < 1.29 is 9.53 Å². The molecule has 0 spiro atoms. The highest BCUT2D eigenvalue weighted by Crippen LogP contribution is 2.22. The van der Waals surface area contributed by atoms with Crippen molar-refractivity contribution in [3.05, 3.63) is 53.6 Å². The zero-order chi connectivity index (χ0) is 16.1. The molecular formula is C18H19ClN2O2. The standard InChI is InChI=1S/C18H19ClN2O2/c19-14-1-3-15(4-2-14)20-16-5-7-17(8-6-16)21-18(22)13-9-11-23-12-10-13/h1-8,13,20H,9-12H2,(H,21,22). The lowest BCUT2D eigenvalue weighted by Crippen LogP contribution is -2.28. The lowest BCUT2D eigenvalue weighted by molar-refractivity contribution is -0.122. The van der Waals surface area contributed by atoms with E-state index in [4.69, 9.17) is 16.3 Å². The summed E-state index contributed by atoms with van der Waals surface area (Å²) in [6.45, 7) is 1.34. The van der Waals surface area contributed by atoms with E-state index in [9.17, 15) is 4.79 Å². The van der Waals surface area contributed by atoms with Crippen LogP contribution >= 0.6 is 11.6 Å². The van der Waals surface area contributed by atoms with Gasteiger partial charge in [0, 0.05) is 41.2 Å². The molecule has 0 saturated carbocycles. The second kappa shape index (κ2) is 7.49. The van der Waals surface area contributed by atoms with Crippen LogP contribution in [0, 0.1) is 5.92 Å². The lowest BCUT2D eigenvalue weighted by Gasteiger charge is -2.21. The van der Waals surface area contributed by atoms with E-state index >= 15 is 0 Å². The fraction of sp³-hybridized carbons (Fsp3) is 0.278. The number of carbonyl (C=O) groups is 1. The smallest absolute Gasteiger partial charge is 0.227 e. The Bertz CT molecular complexity index is 650. The minimum atomic E-state index is 0.0515. The molecule has 0 aliphatic carbocycles. The highest BCUT2D eigenvalue weighted by molar-refractivity contribution is 6.30. The van der Waals surface area contributed by atoms with Crippen LogP contribution in [0.3, 0.4) is 0 Å². The van der Waals surface area contributed by atoms with Crippen molar-refractivity contribution in [2.45, 2.75) is 12.8 Å². The van der Waals surface area contributed by atoms with E-state index in [0.29, 0.717) is 18.2 Å². The summed E-state index contributed by atoms with van der Waals surface area (Å²) in [5, 5.41) is 6.97. The summed E-state index contributed by atoms with van der Waals surface area (Å²) in [6.07, 6.45) is 1.59. The number of hydrogen-bond acceptors (Lipinski definition) is 3. The Morgan fingerprint density at radius 3 is 2.04 bits per heavy atom. The van der Waals surface area contributed by atoms with Crippen LogP contribution in [0.2, 0.25) is 5.02 Å². The third-order valence-electron chi connectivity index (χ3n) is 3.88. The number of hydrogen-bond donors (Lipinski definition) is 2. The van der Waals surface area contributed by atoms with Crippen molar-refractivity contribution in [3.63, 3.8) is 0 Å². The van der Waals surface area contributed by atoms with Gasteiger partial charge in [-0.15, -0.1) is 0 Å². The molecular weight excluding hydrogens is 312 g/mol. The molecule has 3 rings (SSSR count). The Hall–Kier alpha value is -2.04. The number of ether oxygens (including phenoxy) is 1. The monoisotopic (exact) mass is 330 g/mol. The van der Waals surface area contributed by atoms with Gasteiger partial charge in [0.15, 0.2) is 0 Å². The summed E-state index contributed by atoms with van der Waals surface area (Å²) in [5.74, 6) is 0.127. The molecule has 1 amide bonds. The Morgan fingerprint density at radius 2 is 1.43 bits per heavy atom. The molecule has 120 valence electrons. The molecule has 0 bridgehead atoms. The number of nitrogens with one attached hydrogen (secondary N) is 2. The normalized spacial score (nSPS) is 15.2. The van der Waals surface area contributed by atoms with Gasteiger partial charge in [0.1, 0.15) is 0 Å². The first kappa shape index (κ1) is 15.8. The lowest BCUT2D eigenvalue weighted by atomic mass is 9.99. The van der Waals surface area contributed by atoms with Gasteiger partial charge in [-0.3, -0.25) is 4.79 Å². The van der Waals surface area contributed by atoms with Crippen molar-refractivity contribution in [1.29, 1.82) is 0 Å². The van der Waals surface area contributed by atoms with Crippen molar-refractivity contribution >= 4 is 34.6 Å². The Kier molecular flexibility index (Phi) is 5.16.